The summed E-state index contributed by atoms with van der Waals surface area (Å²) in [5, 5.41) is 0. The number of rotatable bonds is 0. The third kappa shape index (κ3) is 2.04. The second kappa shape index (κ2) is 5.15. The van der Waals surface area contributed by atoms with Gasteiger partial charge in [-0.05, 0) is 72.8 Å². The summed E-state index contributed by atoms with van der Waals surface area (Å²) in [7, 11) is 0. The molecule has 0 radical (unpaired) electrons. The van der Waals surface area contributed by atoms with Gasteiger partial charge in [-0.15, -0.1) is 0 Å². The van der Waals surface area contributed by atoms with Crippen LogP contribution in [-0.2, 0) is 9.59 Å². The van der Waals surface area contributed by atoms with E-state index in [4.69, 9.17) is 0 Å². The molecule has 4 rings (SSSR count). The van der Waals surface area contributed by atoms with Crippen LogP contribution in [0.3, 0.4) is 0 Å². The van der Waals surface area contributed by atoms with Gasteiger partial charge in [0.1, 0.15) is 5.78 Å². The van der Waals surface area contributed by atoms with Crippen molar-refractivity contribution >= 4 is 27.5 Å². The zero-order valence-corrected chi connectivity index (χ0v) is 15.6. The predicted molar refractivity (Wildman–Crippen MR) is 94.1 cm³/mol. The lowest BCUT2D eigenvalue weighted by molar-refractivity contribution is -0.132. The molecular formula is C20H25BrO2. The van der Waals surface area contributed by atoms with Crippen molar-refractivity contribution in [2.75, 3.05) is 0 Å². The van der Waals surface area contributed by atoms with Gasteiger partial charge in [-0.1, -0.05) is 35.4 Å². The van der Waals surface area contributed by atoms with Crippen LogP contribution in [0.1, 0.15) is 58.8 Å². The van der Waals surface area contributed by atoms with Crippen molar-refractivity contribution in [3.63, 3.8) is 0 Å². The molecule has 4 aliphatic rings. The van der Waals surface area contributed by atoms with Crippen molar-refractivity contribution in [1.29, 1.82) is 0 Å². The summed E-state index contributed by atoms with van der Waals surface area (Å²) < 4.78 is 0. The zero-order valence-electron chi connectivity index (χ0n) is 14.0. The molecular weight excluding hydrogens is 352 g/mol. The van der Waals surface area contributed by atoms with E-state index in [0.29, 0.717) is 23.5 Å². The van der Waals surface area contributed by atoms with E-state index in [1.165, 1.54) is 12.0 Å². The van der Waals surface area contributed by atoms with Gasteiger partial charge in [0.25, 0.3) is 0 Å². The fraction of sp³-hybridized carbons (Fsp3) is 0.700. The quantitative estimate of drug-likeness (QED) is 0.558. The lowest BCUT2D eigenvalue weighted by Gasteiger charge is -2.57. The van der Waals surface area contributed by atoms with Crippen molar-refractivity contribution in [3.8, 4) is 0 Å². The first-order valence-electron chi connectivity index (χ1n) is 8.98. The predicted octanol–water partition coefficient (Wildman–Crippen LogP) is 4.98. The minimum Gasteiger partial charge on any atom is -0.299 e. The molecule has 0 unspecified atom stereocenters. The minimum atomic E-state index is -0.0582. The highest BCUT2D eigenvalue weighted by atomic mass is 79.9. The Morgan fingerprint density at radius 2 is 1.83 bits per heavy atom. The van der Waals surface area contributed by atoms with E-state index in [2.05, 4.69) is 29.8 Å². The second-order valence-corrected chi connectivity index (χ2v) is 9.05. The number of hydrogen-bond acceptors (Lipinski definition) is 2. The van der Waals surface area contributed by atoms with E-state index in [0.717, 1.165) is 44.1 Å². The average Bonchev–Trinajstić information content (AvgIpc) is 2.83. The maximum atomic E-state index is 12.4. The smallest absolute Gasteiger partial charge is 0.182 e. The van der Waals surface area contributed by atoms with Crippen LogP contribution in [0.5, 0.6) is 0 Å². The van der Waals surface area contributed by atoms with Gasteiger partial charge < -0.3 is 0 Å². The van der Waals surface area contributed by atoms with Gasteiger partial charge in [-0.3, -0.25) is 9.59 Å². The van der Waals surface area contributed by atoms with Crippen LogP contribution in [0.15, 0.2) is 22.2 Å². The van der Waals surface area contributed by atoms with E-state index in [9.17, 15) is 9.59 Å². The van der Waals surface area contributed by atoms with Crippen molar-refractivity contribution in [2.24, 2.45) is 28.6 Å². The highest BCUT2D eigenvalue weighted by molar-refractivity contribution is 9.11. The van der Waals surface area contributed by atoms with Crippen molar-refractivity contribution in [1.82, 2.24) is 0 Å². The van der Waals surface area contributed by atoms with Crippen LogP contribution in [-0.4, -0.2) is 11.6 Å². The van der Waals surface area contributed by atoms with E-state index >= 15 is 0 Å². The van der Waals surface area contributed by atoms with Gasteiger partial charge in [0.05, 0.1) is 0 Å². The molecule has 0 spiro atoms. The van der Waals surface area contributed by atoms with Crippen molar-refractivity contribution < 1.29 is 9.59 Å². The Morgan fingerprint density at radius 3 is 2.57 bits per heavy atom. The molecule has 0 aromatic heterocycles. The monoisotopic (exact) mass is 376 g/mol. The summed E-state index contributed by atoms with van der Waals surface area (Å²) in [4.78, 5) is 26.5. The molecule has 23 heavy (non-hydrogen) atoms. The number of ketones is 2. The molecule has 3 saturated carbocycles. The fourth-order valence-corrected chi connectivity index (χ4v) is 6.79. The number of fused-ring (bicyclic) bond motifs is 5. The Morgan fingerprint density at radius 1 is 1.09 bits per heavy atom. The first-order chi connectivity index (χ1) is 10.9. The molecule has 2 nitrogen and oxygen atoms in total. The van der Waals surface area contributed by atoms with Gasteiger partial charge in [0.15, 0.2) is 5.78 Å². The molecule has 5 atom stereocenters. The maximum Gasteiger partial charge on any atom is 0.182 e. The maximum absolute atomic E-state index is 12.4. The highest BCUT2D eigenvalue weighted by Crippen LogP contribution is 2.64. The van der Waals surface area contributed by atoms with E-state index < -0.39 is 0 Å². The molecule has 0 N–H and O–H groups in total. The summed E-state index contributed by atoms with van der Waals surface area (Å²) in [5.74, 6) is 2.55. The molecule has 0 amide bonds. The van der Waals surface area contributed by atoms with Crippen molar-refractivity contribution in [3.05, 3.63) is 22.2 Å². The number of carbonyl (C=O) groups is 2. The molecule has 0 aromatic carbocycles. The second-order valence-electron chi connectivity index (χ2n) is 8.60. The van der Waals surface area contributed by atoms with Crippen LogP contribution in [0.25, 0.3) is 0 Å². The Bertz CT molecular complexity index is 646. The Hall–Kier alpha value is -0.700. The summed E-state index contributed by atoms with van der Waals surface area (Å²) in [6, 6.07) is 0. The molecule has 0 saturated heterocycles. The first-order valence-corrected chi connectivity index (χ1v) is 9.89. The van der Waals surface area contributed by atoms with Gasteiger partial charge in [-0.25, -0.2) is 0 Å². The van der Waals surface area contributed by atoms with E-state index in [-0.39, 0.29) is 16.6 Å². The molecule has 0 aromatic rings. The summed E-state index contributed by atoms with van der Waals surface area (Å²) >= 11 is 3.38. The molecule has 0 heterocycles. The van der Waals surface area contributed by atoms with Gasteiger partial charge in [0.2, 0.25) is 0 Å². The lowest BCUT2D eigenvalue weighted by atomic mass is 9.47. The number of carbonyl (C=O) groups excluding carboxylic acids is 2. The molecule has 0 bridgehead atoms. The van der Waals surface area contributed by atoms with Crippen LogP contribution in [0.4, 0.5) is 0 Å². The molecule has 4 aliphatic carbocycles. The standard InChI is InChI=1S/C20H25BrO2/c1-19-8-7-16-14(15(19)5-6-18(19)23)4-3-13-9-17(22)12(11-21)10-20(13,16)2/h9,11,14-16H,3-8,10H2,1-2H3/t14-,15-,16+,19-,20-/m0/s1. The fourth-order valence-electron chi connectivity index (χ4n) is 6.41. The summed E-state index contributed by atoms with van der Waals surface area (Å²) in [6.45, 7) is 4.60. The average molecular weight is 377 g/mol. The number of allylic oxidation sites excluding steroid dienone is 2. The SMILES string of the molecule is C[C@]12CC(=CBr)C(=O)C=C1CC[C@@H]1[C@H]2CC[C@]2(C)C(=O)CC[C@@H]12. The van der Waals surface area contributed by atoms with Crippen LogP contribution >= 0.6 is 15.9 Å². The Kier molecular flexibility index (Phi) is 3.54. The molecule has 3 heteroatoms. The van der Waals surface area contributed by atoms with Crippen molar-refractivity contribution in [2.45, 2.75) is 58.8 Å². The van der Waals surface area contributed by atoms with Crippen LogP contribution in [0, 0.1) is 28.6 Å². The normalized spacial score (nSPS) is 47.9. The van der Waals surface area contributed by atoms with E-state index in [1.54, 1.807) is 0 Å². The van der Waals surface area contributed by atoms with Crippen LogP contribution < -0.4 is 0 Å². The third-order valence-electron chi connectivity index (χ3n) is 7.76. The van der Waals surface area contributed by atoms with Gasteiger partial charge in [0, 0.05) is 17.4 Å². The van der Waals surface area contributed by atoms with E-state index in [1.807, 2.05) is 11.1 Å². The zero-order chi connectivity index (χ0) is 16.4. The Balaban J connectivity index is 1.73. The number of Topliss-reactive ketones (excluding diaryl/α,β-unsaturated/α-hetero) is 1. The van der Waals surface area contributed by atoms with Gasteiger partial charge >= 0.3 is 0 Å². The topological polar surface area (TPSA) is 34.1 Å². The summed E-state index contributed by atoms with van der Waals surface area (Å²) in [5.41, 5.74) is 2.34. The molecule has 124 valence electrons. The molecule has 0 aliphatic heterocycles. The Labute approximate surface area is 146 Å². The number of hydrogen-bond donors (Lipinski definition) is 0. The highest BCUT2D eigenvalue weighted by Gasteiger charge is 2.59. The third-order valence-corrected chi connectivity index (χ3v) is 8.31. The largest absolute Gasteiger partial charge is 0.299 e. The first kappa shape index (κ1) is 15.8. The minimum absolute atomic E-state index is 0.0582. The number of halogens is 1. The lowest BCUT2D eigenvalue weighted by Crippen LogP contribution is -2.50. The summed E-state index contributed by atoms with van der Waals surface area (Å²) in [6.07, 6.45) is 9.05. The molecule has 3 fully saturated rings. The van der Waals surface area contributed by atoms with Crippen LogP contribution in [0.2, 0.25) is 0 Å². The van der Waals surface area contributed by atoms with Gasteiger partial charge in [-0.2, -0.15) is 0 Å².